The number of nitrogens with one attached hydrogen (secondary N) is 1. The Morgan fingerprint density at radius 2 is 2.04 bits per heavy atom. The molecule has 1 N–H and O–H groups in total. The Balaban J connectivity index is 2.80. The largest absolute Gasteiger partial charge is 0.481 e. The minimum atomic E-state index is -0.807. The number of ether oxygens (including phenoxy) is 2. The van der Waals surface area contributed by atoms with Gasteiger partial charge in [0.1, 0.15) is 5.60 Å². The Bertz CT molecular complexity index is 505. The molecule has 0 aliphatic heterocycles. The number of carbonyl (C=O) groups excluding carboxylic acids is 1. The number of methoxy groups -OCH3 is 1. The SMILES string of the molecule is CCCCCC(C)(OCCC)C(=O)Nc1cnc(OC)c(C)c1. The maximum Gasteiger partial charge on any atom is 0.256 e. The van der Waals surface area contributed by atoms with Crippen molar-refractivity contribution in [3.05, 3.63) is 17.8 Å². The molecular formula is C18H30N2O3. The molecule has 1 amide bonds. The zero-order valence-electron chi connectivity index (χ0n) is 15.1. The molecule has 5 heteroatoms. The van der Waals surface area contributed by atoms with E-state index in [2.05, 4.69) is 17.2 Å². The Hall–Kier alpha value is -1.62. The molecule has 0 aromatic carbocycles. The number of aromatic nitrogens is 1. The van der Waals surface area contributed by atoms with Crippen LogP contribution in [-0.4, -0.2) is 30.2 Å². The van der Waals surface area contributed by atoms with Gasteiger partial charge in [0.05, 0.1) is 19.0 Å². The van der Waals surface area contributed by atoms with E-state index in [1.54, 1.807) is 13.3 Å². The second kappa shape index (κ2) is 9.50. The highest BCUT2D eigenvalue weighted by molar-refractivity contribution is 5.97. The van der Waals surface area contributed by atoms with Crippen molar-refractivity contribution < 1.29 is 14.3 Å². The molecule has 1 rings (SSSR count). The number of unbranched alkanes of at least 4 members (excludes halogenated alkanes) is 2. The van der Waals surface area contributed by atoms with Gasteiger partial charge >= 0.3 is 0 Å². The van der Waals surface area contributed by atoms with Gasteiger partial charge in [0, 0.05) is 12.2 Å². The first kappa shape index (κ1) is 19.4. The molecule has 0 spiro atoms. The first-order chi connectivity index (χ1) is 11.0. The predicted octanol–water partition coefficient (Wildman–Crippen LogP) is 4.10. The minimum absolute atomic E-state index is 0.117. The van der Waals surface area contributed by atoms with Gasteiger partial charge in [0.25, 0.3) is 5.91 Å². The van der Waals surface area contributed by atoms with E-state index in [1.165, 1.54) is 0 Å². The summed E-state index contributed by atoms with van der Waals surface area (Å²) in [5.74, 6) is 0.448. The van der Waals surface area contributed by atoms with Gasteiger partial charge in [0.15, 0.2) is 0 Å². The van der Waals surface area contributed by atoms with Crippen LogP contribution < -0.4 is 10.1 Å². The van der Waals surface area contributed by atoms with Crippen molar-refractivity contribution in [2.75, 3.05) is 19.0 Å². The van der Waals surface area contributed by atoms with E-state index < -0.39 is 5.60 Å². The third-order valence-corrected chi connectivity index (χ3v) is 3.84. The molecule has 1 heterocycles. The second-order valence-corrected chi connectivity index (χ2v) is 6.04. The lowest BCUT2D eigenvalue weighted by molar-refractivity contribution is -0.140. The Morgan fingerprint density at radius 1 is 1.30 bits per heavy atom. The zero-order valence-corrected chi connectivity index (χ0v) is 15.1. The summed E-state index contributed by atoms with van der Waals surface area (Å²) in [5.41, 5.74) is 0.738. The Morgan fingerprint density at radius 3 is 2.61 bits per heavy atom. The molecule has 0 radical (unpaired) electrons. The molecule has 0 saturated heterocycles. The van der Waals surface area contributed by atoms with Crippen LogP contribution in [0.5, 0.6) is 5.88 Å². The molecule has 0 saturated carbocycles. The maximum atomic E-state index is 12.7. The number of amides is 1. The number of carbonyl (C=O) groups is 1. The van der Waals surface area contributed by atoms with Crippen LogP contribution in [0.2, 0.25) is 0 Å². The number of rotatable bonds is 10. The van der Waals surface area contributed by atoms with Crippen LogP contribution in [0.4, 0.5) is 5.69 Å². The smallest absolute Gasteiger partial charge is 0.256 e. The fourth-order valence-corrected chi connectivity index (χ4v) is 2.40. The Labute approximate surface area is 139 Å². The van der Waals surface area contributed by atoms with E-state index >= 15 is 0 Å². The third-order valence-electron chi connectivity index (χ3n) is 3.84. The average molecular weight is 322 g/mol. The van der Waals surface area contributed by atoms with Crippen LogP contribution in [0, 0.1) is 6.92 Å². The van der Waals surface area contributed by atoms with Gasteiger partial charge in [-0.05, 0) is 32.8 Å². The molecule has 130 valence electrons. The molecule has 0 bridgehead atoms. The zero-order chi connectivity index (χ0) is 17.3. The summed E-state index contributed by atoms with van der Waals surface area (Å²) in [5, 5.41) is 2.93. The number of hydrogen-bond donors (Lipinski definition) is 1. The molecule has 5 nitrogen and oxygen atoms in total. The molecule has 0 aliphatic carbocycles. The lowest BCUT2D eigenvalue weighted by Gasteiger charge is -2.28. The summed E-state index contributed by atoms with van der Waals surface area (Å²) >= 11 is 0. The van der Waals surface area contributed by atoms with Crippen molar-refractivity contribution in [1.29, 1.82) is 0 Å². The minimum Gasteiger partial charge on any atom is -0.481 e. The van der Waals surface area contributed by atoms with E-state index in [9.17, 15) is 4.79 Å². The Kier molecular flexibility index (Phi) is 8.03. The summed E-state index contributed by atoms with van der Waals surface area (Å²) in [6, 6.07) is 1.86. The normalized spacial score (nSPS) is 13.4. The van der Waals surface area contributed by atoms with Crippen molar-refractivity contribution in [1.82, 2.24) is 4.98 Å². The van der Waals surface area contributed by atoms with Gasteiger partial charge in [-0.15, -0.1) is 0 Å². The molecule has 23 heavy (non-hydrogen) atoms. The lowest BCUT2D eigenvalue weighted by atomic mass is 9.96. The van der Waals surface area contributed by atoms with E-state index in [0.717, 1.165) is 37.7 Å². The topological polar surface area (TPSA) is 60.5 Å². The van der Waals surface area contributed by atoms with Crippen molar-refractivity contribution >= 4 is 11.6 Å². The van der Waals surface area contributed by atoms with Gasteiger partial charge in [-0.1, -0.05) is 33.1 Å². The maximum absolute atomic E-state index is 12.7. The second-order valence-electron chi connectivity index (χ2n) is 6.04. The van der Waals surface area contributed by atoms with E-state index in [-0.39, 0.29) is 5.91 Å². The summed E-state index contributed by atoms with van der Waals surface area (Å²) in [7, 11) is 1.58. The average Bonchev–Trinajstić information content (AvgIpc) is 2.53. The summed E-state index contributed by atoms with van der Waals surface area (Å²) in [4.78, 5) is 16.9. The third kappa shape index (κ3) is 5.82. The molecule has 1 unspecified atom stereocenters. The summed E-state index contributed by atoms with van der Waals surface area (Å²) in [6.45, 7) is 8.54. The van der Waals surface area contributed by atoms with Crippen LogP contribution in [0.15, 0.2) is 12.3 Å². The molecule has 1 aromatic heterocycles. The van der Waals surface area contributed by atoms with Crippen molar-refractivity contribution in [3.8, 4) is 5.88 Å². The highest BCUT2D eigenvalue weighted by Gasteiger charge is 2.33. The van der Waals surface area contributed by atoms with Crippen LogP contribution in [-0.2, 0) is 9.53 Å². The van der Waals surface area contributed by atoms with Gasteiger partial charge < -0.3 is 14.8 Å². The molecule has 0 aliphatic rings. The van der Waals surface area contributed by atoms with Crippen molar-refractivity contribution in [3.63, 3.8) is 0 Å². The van der Waals surface area contributed by atoms with E-state index in [4.69, 9.17) is 9.47 Å². The van der Waals surface area contributed by atoms with Crippen LogP contribution in [0.3, 0.4) is 0 Å². The van der Waals surface area contributed by atoms with Crippen LogP contribution in [0.25, 0.3) is 0 Å². The number of pyridine rings is 1. The number of nitrogens with zero attached hydrogens (tertiary/aromatic N) is 1. The lowest BCUT2D eigenvalue weighted by Crippen LogP contribution is -2.43. The van der Waals surface area contributed by atoms with Gasteiger partial charge in [-0.2, -0.15) is 0 Å². The fraction of sp³-hybridized carbons (Fsp3) is 0.667. The number of anilines is 1. The molecular weight excluding hydrogens is 292 g/mol. The predicted molar refractivity (Wildman–Crippen MR) is 92.9 cm³/mol. The summed E-state index contributed by atoms with van der Waals surface area (Å²) < 4.78 is 11.0. The van der Waals surface area contributed by atoms with Crippen molar-refractivity contribution in [2.24, 2.45) is 0 Å². The molecule has 1 aromatic rings. The van der Waals surface area contributed by atoms with E-state index in [0.29, 0.717) is 18.2 Å². The number of hydrogen-bond acceptors (Lipinski definition) is 4. The van der Waals surface area contributed by atoms with Crippen LogP contribution >= 0.6 is 0 Å². The quantitative estimate of drug-likeness (QED) is 0.659. The molecule has 0 fully saturated rings. The van der Waals surface area contributed by atoms with Crippen LogP contribution in [0.1, 0.15) is 58.4 Å². The highest BCUT2D eigenvalue weighted by Crippen LogP contribution is 2.24. The first-order valence-corrected chi connectivity index (χ1v) is 8.42. The standard InChI is InChI=1S/C18H30N2O3/c1-6-8-9-10-18(4,23-11-7-2)17(21)20-15-12-14(3)16(22-5)19-13-15/h12-13H,6-11H2,1-5H3,(H,20,21). The fourth-order valence-electron chi connectivity index (χ4n) is 2.40. The van der Waals surface area contributed by atoms with Gasteiger partial charge in [-0.25, -0.2) is 4.98 Å². The van der Waals surface area contributed by atoms with Gasteiger partial charge in [-0.3, -0.25) is 4.79 Å². The van der Waals surface area contributed by atoms with Crippen molar-refractivity contribution in [2.45, 2.75) is 65.4 Å². The first-order valence-electron chi connectivity index (χ1n) is 8.42. The highest BCUT2D eigenvalue weighted by atomic mass is 16.5. The number of aryl methyl sites for hydroxylation is 1. The monoisotopic (exact) mass is 322 g/mol. The van der Waals surface area contributed by atoms with Gasteiger partial charge in [0.2, 0.25) is 5.88 Å². The van der Waals surface area contributed by atoms with E-state index in [1.807, 2.05) is 26.8 Å². The molecule has 1 atom stereocenters. The summed E-state index contributed by atoms with van der Waals surface area (Å²) in [6.07, 6.45) is 6.41.